The van der Waals surface area contributed by atoms with E-state index in [2.05, 4.69) is 4.98 Å². The Morgan fingerprint density at radius 3 is 2.86 bits per heavy atom. The van der Waals surface area contributed by atoms with E-state index >= 15 is 0 Å². The maximum absolute atomic E-state index is 11.3. The van der Waals surface area contributed by atoms with Crippen molar-refractivity contribution in [1.82, 2.24) is 9.97 Å². The molecule has 0 bridgehead atoms. The maximum Gasteiger partial charge on any atom is 0.252 e. The van der Waals surface area contributed by atoms with E-state index in [9.17, 15) is 4.79 Å². The summed E-state index contributed by atoms with van der Waals surface area (Å²) >= 11 is 8.77. The largest absolute Gasteiger partial charge is 0.276 e. The zero-order valence-corrected chi connectivity index (χ0v) is 13.8. The first-order chi connectivity index (χ1) is 10.1. The molecule has 0 aliphatic heterocycles. The molecule has 0 fully saturated rings. The molecule has 106 valence electrons. The van der Waals surface area contributed by atoms with Crippen LogP contribution < -0.4 is 0 Å². The number of benzene rings is 1. The molecular formula is C15H11ClN2OS2. The number of pyridine rings is 1. The number of thioether (sulfide) groups is 1. The average Bonchev–Trinajstić information content (AvgIpc) is 2.90. The molecule has 0 spiro atoms. The molecule has 6 heteroatoms. The third-order valence-electron chi connectivity index (χ3n) is 3.19. The lowest BCUT2D eigenvalue weighted by molar-refractivity contribution is 0.108. The number of fused-ring (bicyclic) bond motifs is 1. The lowest BCUT2D eigenvalue weighted by atomic mass is 10.1. The molecule has 0 unspecified atom stereocenters. The Bertz CT molecular complexity index is 845. The summed E-state index contributed by atoms with van der Waals surface area (Å²) in [5.41, 5.74) is 3.45. The molecule has 0 N–H and O–H groups in total. The molecule has 0 radical (unpaired) electrons. The van der Waals surface area contributed by atoms with Crippen LogP contribution in [0.1, 0.15) is 15.9 Å². The number of aromatic nitrogens is 2. The Morgan fingerprint density at radius 1 is 1.33 bits per heavy atom. The maximum atomic E-state index is 11.3. The Kier molecular flexibility index (Phi) is 3.97. The van der Waals surface area contributed by atoms with Gasteiger partial charge in [0.1, 0.15) is 5.01 Å². The number of halogens is 1. The van der Waals surface area contributed by atoms with E-state index in [1.54, 1.807) is 35.2 Å². The number of rotatable bonds is 3. The molecule has 2 heterocycles. The fraction of sp³-hybridized carbons (Fsp3) is 0.133. The van der Waals surface area contributed by atoms with Crippen LogP contribution in [0.3, 0.4) is 0 Å². The highest BCUT2D eigenvalue weighted by Crippen LogP contribution is 2.35. The van der Waals surface area contributed by atoms with Crippen molar-refractivity contribution in [1.29, 1.82) is 0 Å². The second-order valence-corrected chi connectivity index (χ2v) is 6.73. The smallest absolute Gasteiger partial charge is 0.252 e. The van der Waals surface area contributed by atoms with Crippen molar-refractivity contribution in [3.05, 3.63) is 41.7 Å². The van der Waals surface area contributed by atoms with Gasteiger partial charge in [0.25, 0.3) is 5.24 Å². The molecule has 0 atom stereocenters. The molecule has 0 saturated heterocycles. The quantitative estimate of drug-likeness (QED) is 0.511. The average molecular weight is 335 g/mol. The van der Waals surface area contributed by atoms with Gasteiger partial charge in [-0.25, -0.2) is 4.98 Å². The molecule has 0 aliphatic rings. The first-order valence-electron chi connectivity index (χ1n) is 6.19. The van der Waals surface area contributed by atoms with Gasteiger partial charge in [-0.1, -0.05) is 6.07 Å². The predicted octanol–water partition coefficient (Wildman–Crippen LogP) is 4.77. The fourth-order valence-electron chi connectivity index (χ4n) is 2.07. The van der Waals surface area contributed by atoms with Crippen molar-refractivity contribution < 1.29 is 4.79 Å². The van der Waals surface area contributed by atoms with E-state index in [1.165, 1.54) is 0 Å². The Morgan fingerprint density at radius 2 is 2.14 bits per heavy atom. The first-order valence-corrected chi connectivity index (χ1v) is 8.61. The van der Waals surface area contributed by atoms with E-state index in [0.29, 0.717) is 5.56 Å². The zero-order valence-electron chi connectivity index (χ0n) is 11.4. The van der Waals surface area contributed by atoms with Crippen LogP contribution >= 0.6 is 34.7 Å². The van der Waals surface area contributed by atoms with E-state index < -0.39 is 5.24 Å². The summed E-state index contributed by atoms with van der Waals surface area (Å²) < 4.78 is 1.04. The number of thiazole rings is 1. The highest BCUT2D eigenvalue weighted by Gasteiger charge is 2.13. The molecule has 21 heavy (non-hydrogen) atoms. The van der Waals surface area contributed by atoms with Gasteiger partial charge in [-0.05, 0) is 42.5 Å². The minimum absolute atomic E-state index is 0.455. The highest BCUT2D eigenvalue weighted by molar-refractivity contribution is 7.98. The van der Waals surface area contributed by atoms with Gasteiger partial charge in [-0.2, -0.15) is 0 Å². The normalized spacial score (nSPS) is 11.0. The van der Waals surface area contributed by atoms with Crippen LogP contribution in [-0.2, 0) is 0 Å². The van der Waals surface area contributed by atoms with Crippen LogP contribution in [0.25, 0.3) is 20.8 Å². The van der Waals surface area contributed by atoms with Crippen molar-refractivity contribution in [3.8, 4) is 10.6 Å². The second-order valence-electron chi connectivity index (χ2n) is 4.51. The van der Waals surface area contributed by atoms with Gasteiger partial charge in [-0.15, -0.1) is 23.1 Å². The minimum Gasteiger partial charge on any atom is -0.276 e. The van der Waals surface area contributed by atoms with Crippen molar-refractivity contribution >= 4 is 50.2 Å². The Labute approximate surface area is 135 Å². The first kappa shape index (κ1) is 14.5. The van der Waals surface area contributed by atoms with Gasteiger partial charge < -0.3 is 0 Å². The molecule has 2 aromatic heterocycles. The zero-order chi connectivity index (χ0) is 15.0. The van der Waals surface area contributed by atoms with E-state index in [1.807, 2.05) is 31.6 Å². The number of aryl methyl sites for hydroxylation is 1. The summed E-state index contributed by atoms with van der Waals surface area (Å²) in [6, 6.07) is 5.43. The SMILES string of the molecule is CSc1cncc2sc(-c3cc(C(=O)Cl)ccc3C)nc12. The third kappa shape index (κ3) is 2.69. The second kappa shape index (κ2) is 5.75. The Balaban J connectivity index is 2.21. The predicted molar refractivity (Wildman–Crippen MR) is 89.6 cm³/mol. The molecule has 0 saturated carbocycles. The van der Waals surface area contributed by atoms with Gasteiger partial charge in [0.2, 0.25) is 0 Å². The van der Waals surface area contributed by atoms with E-state index in [0.717, 1.165) is 31.2 Å². The molecule has 1 aromatic carbocycles. The van der Waals surface area contributed by atoms with Gasteiger partial charge in [-0.3, -0.25) is 9.78 Å². The lowest BCUT2D eigenvalue weighted by Gasteiger charge is -2.03. The van der Waals surface area contributed by atoms with Gasteiger partial charge in [0.15, 0.2) is 0 Å². The number of hydrogen-bond acceptors (Lipinski definition) is 5. The van der Waals surface area contributed by atoms with Gasteiger partial charge in [0.05, 0.1) is 15.1 Å². The standard InChI is InChI=1S/C15H11ClN2OS2/c1-8-3-4-9(14(16)19)5-10(8)15-18-13-11(20-2)6-17-7-12(13)21-15/h3-7H,1-2H3. The van der Waals surface area contributed by atoms with Crippen molar-refractivity contribution in [2.24, 2.45) is 0 Å². The molecule has 3 aromatic rings. The molecule has 0 amide bonds. The topological polar surface area (TPSA) is 42.9 Å². The molecular weight excluding hydrogens is 324 g/mol. The Hall–Kier alpha value is -1.43. The number of nitrogens with zero attached hydrogens (tertiary/aromatic N) is 2. The van der Waals surface area contributed by atoms with Crippen LogP contribution in [0.15, 0.2) is 35.5 Å². The van der Waals surface area contributed by atoms with E-state index in [4.69, 9.17) is 16.6 Å². The highest BCUT2D eigenvalue weighted by atomic mass is 35.5. The third-order valence-corrected chi connectivity index (χ3v) is 5.17. The summed E-state index contributed by atoms with van der Waals surface area (Å²) in [6.07, 6.45) is 5.65. The molecule has 0 aliphatic carbocycles. The minimum atomic E-state index is -0.455. The summed E-state index contributed by atoms with van der Waals surface area (Å²) in [7, 11) is 0. The summed E-state index contributed by atoms with van der Waals surface area (Å²) in [6.45, 7) is 2.00. The number of hydrogen-bond donors (Lipinski definition) is 0. The van der Waals surface area contributed by atoms with Crippen molar-refractivity contribution in [2.75, 3.05) is 6.26 Å². The van der Waals surface area contributed by atoms with Crippen LogP contribution in [0.4, 0.5) is 0 Å². The van der Waals surface area contributed by atoms with Crippen LogP contribution in [0, 0.1) is 6.92 Å². The molecule has 3 rings (SSSR count). The van der Waals surface area contributed by atoms with Crippen molar-refractivity contribution in [3.63, 3.8) is 0 Å². The molecule has 3 nitrogen and oxygen atoms in total. The number of carbonyl (C=O) groups is 1. The lowest BCUT2D eigenvalue weighted by Crippen LogP contribution is -1.91. The summed E-state index contributed by atoms with van der Waals surface area (Å²) in [4.78, 5) is 21.4. The van der Waals surface area contributed by atoms with Gasteiger partial charge >= 0.3 is 0 Å². The number of carbonyl (C=O) groups excluding carboxylic acids is 1. The van der Waals surface area contributed by atoms with Gasteiger partial charge in [0, 0.05) is 23.5 Å². The van der Waals surface area contributed by atoms with Crippen molar-refractivity contribution in [2.45, 2.75) is 11.8 Å². The monoisotopic (exact) mass is 334 g/mol. The van der Waals surface area contributed by atoms with Crippen LogP contribution in [-0.4, -0.2) is 21.5 Å². The van der Waals surface area contributed by atoms with E-state index in [-0.39, 0.29) is 0 Å². The fourth-order valence-corrected chi connectivity index (χ4v) is 3.81. The summed E-state index contributed by atoms with van der Waals surface area (Å²) in [5, 5.41) is 0.425. The summed E-state index contributed by atoms with van der Waals surface area (Å²) in [5.74, 6) is 0. The van der Waals surface area contributed by atoms with Crippen LogP contribution in [0.2, 0.25) is 0 Å². The van der Waals surface area contributed by atoms with Crippen LogP contribution in [0.5, 0.6) is 0 Å².